The molecule has 0 bridgehead atoms. The molecule has 6 nitrogen and oxygen atoms in total. The third-order valence-corrected chi connectivity index (χ3v) is 3.26. The van der Waals surface area contributed by atoms with E-state index in [0.29, 0.717) is 12.1 Å². The topological polar surface area (TPSA) is 64.7 Å². The number of aryl methyl sites for hydroxylation is 3. The summed E-state index contributed by atoms with van der Waals surface area (Å²) in [5.74, 6) is -0.0871. The van der Waals surface area contributed by atoms with Gasteiger partial charge in [0.05, 0.1) is 23.5 Å². The second-order valence-corrected chi connectivity index (χ2v) is 4.49. The van der Waals surface area contributed by atoms with Crippen LogP contribution < -0.4 is 5.32 Å². The summed E-state index contributed by atoms with van der Waals surface area (Å²) >= 11 is 0. The number of carbonyl (C=O) groups excluding carboxylic acids is 1. The van der Waals surface area contributed by atoms with Gasteiger partial charge in [0, 0.05) is 25.5 Å². The number of nitrogens with one attached hydrogen (secondary N) is 1. The first-order chi connectivity index (χ1) is 9.04. The maximum Gasteiger partial charge on any atom is 0.255 e. The standard InChI is InChI=1S/C13H19N5O/c1-5-18-10(3)12(9(2)16-18)13(19)14-8-11-6-7-15-17(11)4/h6-7H,5,8H2,1-4H3,(H,14,19). The smallest absolute Gasteiger partial charge is 0.255 e. The summed E-state index contributed by atoms with van der Waals surface area (Å²) < 4.78 is 3.59. The van der Waals surface area contributed by atoms with Crippen LogP contribution in [-0.4, -0.2) is 25.5 Å². The number of hydrogen-bond donors (Lipinski definition) is 1. The molecule has 0 aromatic carbocycles. The van der Waals surface area contributed by atoms with Crippen molar-refractivity contribution in [1.29, 1.82) is 0 Å². The van der Waals surface area contributed by atoms with Gasteiger partial charge in [-0.15, -0.1) is 0 Å². The van der Waals surface area contributed by atoms with Gasteiger partial charge >= 0.3 is 0 Å². The zero-order valence-electron chi connectivity index (χ0n) is 11.8. The Morgan fingerprint density at radius 1 is 1.42 bits per heavy atom. The van der Waals surface area contributed by atoms with Crippen molar-refractivity contribution < 1.29 is 4.79 Å². The Bertz CT molecular complexity index is 596. The molecule has 2 aromatic rings. The van der Waals surface area contributed by atoms with Crippen molar-refractivity contribution in [2.75, 3.05) is 0 Å². The number of hydrogen-bond acceptors (Lipinski definition) is 3. The van der Waals surface area contributed by atoms with Crippen molar-refractivity contribution in [2.45, 2.75) is 33.9 Å². The minimum atomic E-state index is -0.0871. The highest BCUT2D eigenvalue weighted by Gasteiger charge is 2.17. The molecule has 0 aliphatic carbocycles. The molecule has 102 valence electrons. The molecule has 0 radical (unpaired) electrons. The zero-order valence-corrected chi connectivity index (χ0v) is 11.8. The molecule has 2 rings (SSSR count). The lowest BCUT2D eigenvalue weighted by Crippen LogP contribution is -2.25. The molecule has 0 fully saturated rings. The SMILES string of the molecule is CCn1nc(C)c(C(=O)NCc2ccnn2C)c1C. The summed E-state index contributed by atoms with van der Waals surface area (Å²) in [6.45, 7) is 7.02. The molecule has 0 saturated heterocycles. The van der Waals surface area contributed by atoms with Gasteiger partial charge in [-0.25, -0.2) is 0 Å². The van der Waals surface area contributed by atoms with Gasteiger partial charge in [0.25, 0.3) is 5.91 Å². The molecule has 0 saturated carbocycles. The third kappa shape index (κ3) is 2.52. The predicted octanol–water partition coefficient (Wildman–Crippen LogP) is 1.18. The van der Waals surface area contributed by atoms with Crippen LogP contribution in [0.15, 0.2) is 12.3 Å². The summed E-state index contributed by atoms with van der Waals surface area (Å²) in [5, 5.41) is 11.3. The van der Waals surface area contributed by atoms with Crippen molar-refractivity contribution in [2.24, 2.45) is 7.05 Å². The van der Waals surface area contributed by atoms with E-state index >= 15 is 0 Å². The molecule has 2 heterocycles. The Balaban J connectivity index is 2.12. The summed E-state index contributed by atoms with van der Waals surface area (Å²) in [6, 6.07) is 1.88. The Kier molecular flexibility index (Phi) is 3.69. The lowest BCUT2D eigenvalue weighted by molar-refractivity contribution is 0.0948. The first-order valence-corrected chi connectivity index (χ1v) is 6.33. The summed E-state index contributed by atoms with van der Waals surface area (Å²) in [5.41, 5.74) is 3.31. The molecule has 6 heteroatoms. The van der Waals surface area contributed by atoms with Crippen LogP contribution in [0, 0.1) is 13.8 Å². The van der Waals surface area contributed by atoms with Gasteiger partial charge in [-0.2, -0.15) is 10.2 Å². The van der Waals surface area contributed by atoms with Crippen LogP contribution in [0.2, 0.25) is 0 Å². The molecule has 19 heavy (non-hydrogen) atoms. The van der Waals surface area contributed by atoms with E-state index in [1.165, 1.54) is 0 Å². The number of aromatic nitrogens is 4. The number of nitrogens with zero attached hydrogens (tertiary/aromatic N) is 4. The number of amides is 1. The largest absolute Gasteiger partial charge is 0.346 e. The van der Waals surface area contributed by atoms with Gasteiger partial charge in [0.15, 0.2) is 0 Å². The van der Waals surface area contributed by atoms with E-state index in [-0.39, 0.29) is 5.91 Å². The maximum absolute atomic E-state index is 12.2. The van der Waals surface area contributed by atoms with Crippen LogP contribution >= 0.6 is 0 Å². The van der Waals surface area contributed by atoms with Gasteiger partial charge in [-0.1, -0.05) is 0 Å². The van der Waals surface area contributed by atoms with Gasteiger partial charge in [0.2, 0.25) is 0 Å². The monoisotopic (exact) mass is 261 g/mol. The normalized spacial score (nSPS) is 10.7. The van der Waals surface area contributed by atoms with E-state index in [1.807, 2.05) is 38.6 Å². The van der Waals surface area contributed by atoms with E-state index in [2.05, 4.69) is 15.5 Å². The first-order valence-electron chi connectivity index (χ1n) is 6.33. The third-order valence-electron chi connectivity index (χ3n) is 3.26. The minimum absolute atomic E-state index is 0.0871. The zero-order chi connectivity index (χ0) is 14.0. The quantitative estimate of drug-likeness (QED) is 0.899. The average Bonchev–Trinajstić information content (AvgIpc) is 2.90. The van der Waals surface area contributed by atoms with E-state index in [4.69, 9.17) is 0 Å². The summed E-state index contributed by atoms with van der Waals surface area (Å²) in [7, 11) is 1.85. The van der Waals surface area contributed by atoms with Crippen molar-refractivity contribution in [1.82, 2.24) is 24.9 Å². The lowest BCUT2D eigenvalue weighted by Gasteiger charge is -2.06. The average molecular weight is 261 g/mol. The number of rotatable bonds is 4. The molecule has 0 aliphatic heterocycles. The second-order valence-electron chi connectivity index (χ2n) is 4.49. The van der Waals surface area contributed by atoms with Gasteiger partial charge in [-0.3, -0.25) is 14.2 Å². The van der Waals surface area contributed by atoms with Gasteiger partial charge < -0.3 is 5.32 Å². The highest BCUT2D eigenvalue weighted by atomic mass is 16.1. The Labute approximate surface area is 112 Å². The van der Waals surface area contributed by atoms with Crippen molar-refractivity contribution >= 4 is 5.91 Å². The molecular weight excluding hydrogens is 242 g/mol. The van der Waals surface area contributed by atoms with E-state index in [1.54, 1.807) is 10.9 Å². The Morgan fingerprint density at radius 2 is 2.16 bits per heavy atom. The molecule has 1 amide bonds. The van der Waals surface area contributed by atoms with E-state index in [9.17, 15) is 4.79 Å². The summed E-state index contributed by atoms with van der Waals surface area (Å²) in [4.78, 5) is 12.2. The molecule has 2 aromatic heterocycles. The highest BCUT2D eigenvalue weighted by Crippen LogP contribution is 2.13. The molecular formula is C13H19N5O. The van der Waals surface area contributed by atoms with E-state index in [0.717, 1.165) is 23.6 Å². The van der Waals surface area contributed by atoms with Crippen LogP contribution in [0.4, 0.5) is 0 Å². The fourth-order valence-corrected chi connectivity index (χ4v) is 2.17. The fourth-order valence-electron chi connectivity index (χ4n) is 2.17. The number of carbonyl (C=O) groups is 1. The summed E-state index contributed by atoms with van der Waals surface area (Å²) in [6.07, 6.45) is 1.72. The van der Waals surface area contributed by atoms with Crippen molar-refractivity contribution in [3.8, 4) is 0 Å². The Hall–Kier alpha value is -2.11. The fraction of sp³-hybridized carbons (Fsp3) is 0.462. The predicted molar refractivity (Wildman–Crippen MR) is 71.8 cm³/mol. The molecule has 0 aliphatic rings. The molecule has 0 spiro atoms. The van der Waals surface area contributed by atoms with Crippen LogP contribution in [0.5, 0.6) is 0 Å². The highest BCUT2D eigenvalue weighted by molar-refractivity contribution is 5.96. The first kappa shape index (κ1) is 13.3. The van der Waals surface area contributed by atoms with Crippen LogP contribution in [0.3, 0.4) is 0 Å². The van der Waals surface area contributed by atoms with E-state index < -0.39 is 0 Å². The van der Waals surface area contributed by atoms with Crippen LogP contribution in [0.25, 0.3) is 0 Å². The van der Waals surface area contributed by atoms with Crippen LogP contribution in [-0.2, 0) is 20.1 Å². The molecule has 1 N–H and O–H groups in total. The van der Waals surface area contributed by atoms with Gasteiger partial charge in [-0.05, 0) is 26.8 Å². The van der Waals surface area contributed by atoms with Crippen molar-refractivity contribution in [3.63, 3.8) is 0 Å². The lowest BCUT2D eigenvalue weighted by atomic mass is 10.2. The maximum atomic E-state index is 12.2. The Morgan fingerprint density at radius 3 is 2.68 bits per heavy atom. The second kappa shape index (κ2) is 5.26. The molecule has 0 unspecified atom stereocenters. The van der Waals surface area contributed by atoms with Crippen LogP contribution in [0.1, 0.15) is 34.4 Å². The minimum Gasteiger partial charge on any atom is -0.346 e. The van der Waals surface area contributed by atoms with Crippen molar-refractivity contribution in [3.05, 3.63) is 34.9 Å². The molecule has 0 atom stereocenters. The van der Waals surface area contributed by atoms with Gasteiger partial charge in [0.1, 0.15) is 0 Å².